The van der Waals surface area contributed by atoms with Crippen molar-refractivity contribution in [2.24, 2.45) is 0 Å². The Morgan fingerprint density at radius 2 is 1.84 bits per heavy atom. The van der Waals surface area contributed by atoms with E-state index in [-0.39, 0.29) is 6.03 Å². The molecule has 0 saturated heterocycles. The molecule has 0 aliphatic heterocycles. The van der Waals surface area contributed by atoms with Crippen molar-refractivity contribution in [2.75, 3.05) is 19.5 Å². The number of methoxy groups -OCH3 is 2. The molecule has 0 saturated carbocycles. The van der Waals surface area contributed by atoms with Crippen LogP contribution in [-0.2, 0) is 6.42 Å². The van der Waals surface area contributed by atoms with Crippen LogP contribution in [0.2, 0.25) is 0 Å². The van der Waals surface area contributed by atoms with Crippen molar-refractivity contribution in [3.05, 3.63) is 53.1 Å². The van der Waals surface area contributed by atoms with Gasteiger partial charge in [0.15, 0.2) is 11.5 Å². The van der Waals surface area contributed by atoms with Crippen molar-refractivity contribution < 1.29 is 19.4 Å². The summed E-state index contributed by atoms with van der Waals surface area (Å²) in [6.07, 6.45) is -0.0918. The van der Waals surface area contributed by atoms with E-state index >= 15 is 0 Å². The Labute approximate surface area is 146 Å². The number of nitrogens with one attached hydrogen (secondary N) is 2. The topological polar surface area (TPSA) is 79.8 Å². The lowest BCUT2D eigenvalue weighted by molar-refractivity contribution is 0.144. The second kappa shape index (κ2) is 7.03. The molecule has 1 aliphatic carbocycles. The summed E-state index contributed by atoms with van der Waals surface area (Å²) < 4.78 is 10.5. The number of ether oxygens (including phenoxy) is 2. The van der Waals surface area contributed by atoms with Gasteiger partial charge in [0.25, 0.3) is 0 Å². The maximum atomic E-state index is 12.4. The average molecular weight is 342 g/mol. The number of fused-ring (bicyclic) bond motifs is 1. The fourth-order valence-corrected chi connectivity index (χ4v) is 3.16. The Morgan fingerprint density at radius 3 is 2.56 bits per heavy atom. The van der Waals surface area contributed by atoms with Gasteiger partial charge in [0, 0.05) is 18.2 Å². The van der Waals surface area contributed by atoms with E-state index in [0.29, 0.717) is 23.6 Å². The first kappa shape index (κ1) is 17.1. The highest BCUT2D eigenvalue weighted by Gasteiger charge is 2.31. The van der Waals surface area contributed by atoms with Gasteiger partial charge in [0.05, 0.1) is 26.4 Å². The van der Waals surface area contributed by atoms with Gasteiger partial charge in [0.2, 0.25) is 0 Å². The fourth-order valence-electron chi connectivity index (χ4n) is 3.16. The minimum absolute atomic E-state index is 0.379. The average Bonchev–Trinajstić information content (AvgIpc) is 2.92. The summed E-state index contributed by atoms with van der Waals surface area (Å²) in [6.45, 7) is 1.87. The molecular weight excluding hydrogens is 320 g/mol. The Kier molecular flexibility index (Phi) is 4.81. The van der Waals surface area contributed by atoms with E-state index in [2.05, 4.69) is 10.6 Å². The van der Waals surface area contributed by atoms with E-state index in [1.54, 1.807) is 26.4 Å². The zero-order valence-corrected chi connectivity index (χ0v) is 14.5. The molecule has 0 unspecified atom stereocenters. The number of hydrogen-bond donors (Lipinski definition) is 3. The van der Waals surface area contributed by atoms with E-state index in [1.807, 2.05) is 31.2 Å². The van der Waals surface area contributed by atoms with Crippen molar-refractivity contribution in [3.63, 3.8) is 0 Å². The predicted octanol–water partition coefficient (Wildman–Crippen LogP) is 2.79. The van der Waals surface area contributed by atoms with Gasteiger partial charge in [-0.05, 0) is 29.7 Å². The summed E-state index contributed by atoms with van der Waals surface area (Å²) in [4.78, 5) is 12.4. The number of hydrogen-bond acceptors (Lipinski definition) is 4. The van der Waals surface area contributed by atoms with Crippen LogP contribution in [-0.4, -0.2) is 31.5 Å². The molecule has 3 rings (SSSR count). The molecular formula is C19H22N2O4. The molecule has 2 aromatic rings. The van der Waals surface area contributed by atoms with E-state index in [1.165, 1.54) is 0 Å². The molecule has 6 nitrogen and oxygen atoms in total. The molecule has 0 aromatic heterocycles. The number of benzene rings is 2. The largest absolute Gasteiger partial charge is 0.493 e. The lowest BCUT2D eigenvalue weighted by Crippen LogP contribution is -2.36. The van der Waals surface area contributed by atoms with Crippen molar-refractivity contribution in [2.45, 2.75) is 25.5 Å². The second-order valence-electron chi connectivity index (χ2n) is 6.07. The molecule has 2 amide bonds. The summed E-state index contributed by atoms with van der Waals surface area (Å²) in [5.74, 6) is 1.14. The first-order valence-electron chi connectivity index (χ1n) is 8.09. The molecule has 25 heavy (non-hydrogen) atoms. The SMILES string of the molecule is COc1cc(C)c(NC(=O)N[C@@H]2c3ccccc3C[C@@H]2O)cc1OC. The van der Waals surface area contributed by atoms with Crippen LogP contribution in [0.15, 0.2) is 36.4 Å². The normalized spacial score (nSPS) is 18.4. The molecule has 0 heterocycles. The fraction of sp³-hybridized carbons (Fsp3) is 0.316. The predicted molar refractivity (Wildman–Crippen MR) is 95.3 cm³/mol. The lowest BCUT2D eigenvalue weighted by Gasteiger charge is -2.19. The van der Waals surface area contributed by atoms with Gasteiger partial charge in [-0.15, -0.1) is 0 Å². The van der Waals surface area contributed by atoms with E-state index < -0.39 is 12.1 Å². The van der Waals surface area contributed by atoms with E-state index in [4.69, 9.17) is 9.47 Å². The number of aliphatic hydroxyl groups is 1. The molecule has 0 spiro atoms. The number of carbonyl (C=O) groups excluding carboxylic acids is 1. The van der Waals surface area contributed by atoms with Crippen molar-refractivity contribution in [1.82, 2.24) is 5.32 Å². The highest BCUT2D eigenvalue weighted by molar-refractivity contribution is 5.91. The lowest BCUT2D eigenvalue weighted by atomic mass is 10.1. The minimum Gasteiger partial charge on any atom is -0.493 e. The van der Waals surface area contributed by atoms with Crippen LogP contribution < -0.4 is 20.1 Å². The molecule has 3 N–H and O–H groups in total. The Hall–Kier alpha value is -2.73. The Morgan fingerprint density at radius 1 is 1.16 bits per heavy atom. The van der Waals surface area contributed by atoms with Crippen LogP contribution in [0, 0.1) is 6.92 Å². The standard InChI is InChI=1S/C19H22N2O4/c1-11-8-16(24-2)17(25-3)10-14(11)20-19(23)21-18-13-7-5-4-6-12(13)9-15(18)22/h4-8,10,15,18,22H,9H2,1-3H3,(H2,20,21,23)/t15-,18+/m0/s1. The third-order valence-electron chi connectivity index (χ3n) is 4.47. The molecule has 2 atom stereocenters. The first-order valence-corrected chi connectivity index (χ1v) is 8.09. The second-order valence-corrected chi connectivity index (χ2v) is 6.07. The van der Waals surface area contributed by atoms with Crippen molar-refractivity contribution in [3.8, 4) is 11.5 Å². The van der Waals surface area contributed by atoms with Crippen LogP contribution in [0.3, 0.4) is 0 Å². The van der Waals surface area contributed by atoms with E-state index in [9.17, 15) is 9.90 Å². The number of urea groups is 1. The minimum atomic E-state index is -0.630. The van der Waals surface area contributed by atoms with Gasteiger partial charge in [0.1, 0.15) is 0 Å². The third kappa shape index (κ3) is 3.39. The van der Waals surface area contributed by atoms with Crippen molar-refractivity contribution >= 4 is 11.7 Å². The number of anilines is 1. The summed E-state index contributed by atoms with van der Waals surface area (Å²) in [6, 6.07) is 10.5. The monoisotopic (exact) mass is 342 g/mol. The highest BCUT2D eigenvalue weighted by Crippen LogP contribution is 2.34. The zero-order chi connectivity index (χ0) is 18.0. The van der Waals surface area contributed by atoms with Crippen LogP contribution in [0.5, 0.6) is 11.5 Å². The number of carbonyl (C=O) groups is 1. The summed E-state index contributed by atoms with van der Waals surface area (Å²) in [5.41, 5.74) is 3.48. The molecule has 0 bridgehead atoms. The molecule has 0 radical (unpaired) electrons. The molecule has 6 heteroatoms. The third-order valence-corrected chi connectivity index (χ3v) is 4.47. The van der Waals surface area contributed by atoms with Gasteiger partial charge in [-0.2, -0.15) is 0 Å². The Bertz CT molecular complexity index is 791. The molecule has 1 aliphatic rings. The maximum Gasteiger partial charge on any atom is 0.319 e. The van der Waals surface area contributed by atoms with Crippen molar-refractivity contribution in [1.29, 1.82) is 0 Å². The van der Waals surface area contributed by atoms with Gasteiger partial charge in [-0.3, -0.25) is 0 Å². The quantitative estimate of drug-likeness (QED) is 0.798. The zero-order valence-electron chi connectivity index (χ0n) is 14.5. The Balaban J connectivity index is 1.75. The first-order chi connectivity index (χ1) is 12.0. The van der Waals surface area contributed by atoms with Gasteiger partial charge in [-0.25, -0.2) is 4.79 Å². The van der Waals surface area contributed by atoms with Gasteiger partial charge in [-0.1, -0.05) is 24.3 Å². The van der Waals surface area contributed by atoms with Gasteiger partial charge >= 0.3 is 6.03 Å². The van der Waals surface area contributed by atoms with Crippen LogP contribution in [0.4, 0.5) is 10.5 Å². The van der Waals surface area contributed by atoms with Crippen LogP contribution >= 0.6 is 0 Å². The smallest absolute Gasteiger partial charge is 0.319 e. The number of aliphatic hydroxyl groups excluding tert-OH is 1. The number of amides is 2. The van der Waals surface area contributed by atoms with Crippen LogP contribution in [0.1, 0.15) is 22.7 Å². The summed E-state index contributed by atoms with van der Waals surface area (Å²) in [5, 5.41) is 15.9. The maximum absolute atomic E-state index is 12.4. The highest BCUT2D eigenvalue weighted by atomic mass is 16.5. The molecule has 2 aromatic carbocycles. The van der Waals surface area contributed by atoms with E-state index in [0.717, 1.165) is 16.7 Å². The number of aryl methyl sites for hydroxylation is 1. The van der Waals surface area contributed by atoms with Crippen LogP contribution in [0.25, 0.3) is 0 Å². The summed E-state index contributed by atoms with van der Waals surface area (Å²) >= 11 is 0. The molecule has 0 fully saturated rings. The molecule has 132 valence electrons. The number of rotatable bonds is 4. The summed E-state index contributed by atoms with van der Waals surface area (Å²) in [7, 11) is 3.11. The van der Waals surface area contributed by atoms with Gasteiger partial charge < -0.3 is 25.2 Å².